The predicted octanol–water partition coefficient (Wildman–Crippen LogP) is 2.93. The first-order valence-electron chi connectivity index (χ1n) is 5.02. The van der Waals surface area contributed by atoms with E-state index in [2.05, 4.69) is 10.3 Å². The molecule has 18 heavy (non-hydrogen) atoms. The molecule has 2 aromatic rings. The van der Waals surface area contributed by atoms with Crippen LogP contribution in [-0.4, -0.2) is 10.9 Å². The fourth-order valence-electron chi connectivity index (χ4n) is 1.35. The zero-order valence-corrected chi connectivity index (χ0v) is 10.5. The highest BCUT2D eigenvalue weighted by Crippen LogP contribution is 2.22. The van der Waals surface area contributed by atoms with E-state index in [0.717, 1.165) is 0 Å². The Balaban J connectivity index is 2.25. The second-order valence-electron chi connectivity index (χ2n) is 3.50. The summed E-state index contributed by atoms with van der Waals surface area (Å²) in [5, 5.41) is 3.14. The van der Waals surface area contributed by atoms with Gasteiger partial charge in [-0.2, -0.15) is 0 Å². The van der Waals surface area contributed by atoms with Crippen LogP contribution in [0.3, 0.4) is 0 Å². The van der Waals surface area contributed by atoms with E-state index in [1.165, 1.54) is 30.5 Å². The number of H-pyrrole nitrogens is 1. The molecule has 0 fully saturated rings. The second kappa shape index (κ2) is 5.25. The normalized spacial score (nSPS) is 10.1. The molecule has 0 aliphatic heterocycles. The number of halogens is 2. The number of amides is 1. The van der Waals surface area contributed by atoms with E-state index in [1.54, 1.807) is 6.07 Å². The van der Waals surface area contributed by atoms with Gasteiger partial charge in [0.2, 0.25) is 0 Å². The van der Waals surface area contributed by atoms with Gasteiger partial charge in [0.05, 0.1) is 10.0 Å². The van der Waals surface area contributed by atoms with Crippen LogP contribution in [0, 0.1) is 0 Å². The van der Waals surface area contributed by atoms with Crippen molar-refractivity contribution >= 4 is 34.8 Å². The third-order valence-electron chi connectivity index (χ3n) is 2.25. The minimum Gasteiger partial charge on any atom is -0.327 e. The summed E-state index contributed by atoms with van der Waals surface area (Å²) in [6.45, 7) is 0. The van der Waals surface area contributed by atoms with Crippen molar-refractivity contribution in [3.05, 3.63) is 62.5 Å². The van der Waals surface area contributed by atoms with Gasteiger partial charge in [0.15, 0.2) is 0 Å². The van der Waals surface area contributed by atoms with E-state index >= 15 is 0 Å². The van der Waals surface area contributed by atoms with Crippen LogP contribution in [-0.2, 0) is 0 Å². The van der Waals surface area contributed by atoms with Gasteiger partial charge in [0, 0.05) is 11.8 Å². The number of hydrogen-bond acceptors (Lipinski definition) is 2. The van der Waals surface area contributed by atoms with E-state index in [9.17, 15) is 9.59 Å². The molecule has 6 heteroatoms. The van der Waals surface area contributed by atoms with E-state index in [4.69, 9.17) is 23.2 Å². The van der Waals surface area contributed by atoms with Crippen molar-refractivity contribution in [2.45, 2.75) is 0 Å². The number of rotatable bonds is 2. The van der Waals surface area contributed by atoms with Gasteiger partial charge in [-0.3, -0.25) is 9.59 Å². The highest BCUT2D eigenvalue weighted by Gasteiger charge is 2.09. The molecular weight excluding hydrogens is 275 g/mol. The maximum Gasteiger partial charge on any atom is 0.271 e. The predicted molar refractivity (Wildman–Crippen MR) is 71.5 cm³/mol. The van der Waals surface area contributed by atoms with Crippen molar-refractivity contribution in [1.82, 2.24) is 4.98 Å². The fraction of sp³-hybridized carbons (Fsp3) is 0. The summed E-state index contributed by atoms with van der Waals surface area (Å²) in [6.07, 6.45) is 1.48. The van der Waals surface area contributed by atoms with Crippen LogP contribution in [0.4, 0.5) is 5.69 Å². The average Bonchev–Trinajstić information content (AvgIpc) is 2.35. The maximum absolute atomic E-state index is 11.9. The van der Waals surface area contributed by atoms with E-state index in [-0.39, 0.29) is 16.3 Å². The smallest absolute Gasteiger partial charge is 0.271 e. The van der Waals surface area contributed by atoms with Crippen molar-refractivity contribution in [1.29, 1.82) is 0 Å². The number of pyridine rings is 1. The van der Waals surface area contributed by atoms with Crippen LogP contribution >= 0.6 is 23.2 Å². The van der Waals surface area contributed by atoms with Gasteiger partial charge >= 0.3 is 0 Å². The first kappa shape index (κ1) is 12.7. The average molecular weight is 283 g/mol. The van der Waals surface area contributed by atoms with Crippen LogP contribution in [0.1, 0.15) is 10.4 Å². The van der Waals surface area contributed by atoms with Gasteiger partial charge in [-0.1, -0.05) is 23.2 Å². The molecular formula is C12H8Cl2N2O2. The Morgan fingerprint density at radius 1 is 1.17 bits per heavy atom. The standard InChI is InChI=1S/C12H8Cl2N2O2/c13-8-4-3-7(6-9(8)14)11(17)16-10-2-1-5-15-12(10)18/h1-6H,(H,15,18)(H,16,17). The highest BCUT2D eigenvalue weighted by molar-refractivity contribution is 6.42. The first-order chi connectivity index (χ1) is 8.58. The van der Waals surface area contributed by atoms with Crippen LogP contribution in [0.2, 0.25) is 10.0 Å². The minimum absolute atomic E-state index is 0.175. The van der Waals surface area contributed by atoms with E-state index in [1.807, 2.05) is 0 Å². The van der Waals surface area contributed by atoms with Crippen molar-refractivity contribution < 1.29 is 4.79 Å². The number of hydrogen-bond donors (Lipinski definition) is 2. The number of aromatic amines is 1. The summed E-state index contributed by atoms with van der Waals surface area (Å²) in [5.41, 5.74) is 0.132. The summed E-state index contributed by atoms with van der Waals surface area (Å²) in [6, 6.07) is 7.62. The SMILES string of the molecule is O=C(Nc1ccc[nH]c1=O)c1ccc(Cl)c(Cl)c1. The monoisotopic (exact) mass is 282 g/mol. The highest BCUT2D eigenvalue weighted by atomic mass is 35.5. The molecule has 0 saturated heterocycles. The van der Waals surface area contributed by atoms with Crippen LogP contribution < -0.4 is 10.9 Å². The summed E-state index contributed by atoms with van der Waals surface area (Å²) in [5.74, 6) is -0.426. The lowest BCUT2D eigenvalue weighted by molar-refractivity contribution is 0.102. The summed E-state index contributed by atoms with van der Waals surface area (Å²) in [7, 11) is 0. The van der Waals surface area contributed by atoms with Crippen LogP contribution in [0.5, 0.6) is 0 Å². The lowest BCUT2D eigenvalue weighted by Crippen LogP contribution is -2.19. The third kappa shape index (κ3) is 2.72. The molecule has 0 saturated carbocycles. The largest absolute Gasteiger partial charge is 0.327 e. The molecule has 0 aliphatic carbocycles. The van der Waals surface area contributed by atoms with Crippen molar-refractivity contribution in [2.24, 2.45) is 0 Å². The molecule has 4 nitrogen and oxygen atoms in total. The van der Waals surface area contributed by atoms with Crippen molar-refractivity contribution in [3.63, 3.8) is 0 Å². The lowest BCUT2D eigenvalue weighted by atomic mass is 10.2. The number of benzene rings is 1. The summed E-state index contributed by atoms with van der Waals surface area (Å²) >= 11 is 11.6. The van der Waals surface area contributed by atoms with Gasteiger partial charge < -0.3 is 10.3 Å². The Bertz CT molecular complexity index is 653. The molecule has 1 aromatic heterocycles. The van der Waals surface area contributed by atoms with Crippen LogP contribution in [0.25, 0.3) is 0 Å². The van der Waals surface area contributed by atoms with Gasteiger partial charge in [-0.15, -0.1) is 0 Å². The molecule has 1 aromatic carbocycles. The molecule has 2 rings (SSSR count). The molecule has 0 spiro atoms. The molecule has 92 valence electrons. The zero-order chi connectivity index (χ0) is 13.1. The quantitative estimate of drug-likeness (QED) is 0.890. The molecule has 0 aliphatic rings. The Hall–Kier alpha value is -1.78. The van der Waals surface area contributed by atoms with Gasteiger partial charge in [0.25, 0.3) is 11.5 Å². The Labute approximate surface area is 113 Å². The van der Waals surface area contributed by atoms with E-state index in [0.29, 0.717) is 10.6 Å². The molecule has 0 radical (unpaired) electrons. The minimum atomic E-state index is -0.426. The molecule has 2 N–H and O–H groups in total. The Morgan fingerprint density at radius 3 is 2.61 bits per heavy atom. The van der Waals surface area contributed by atoms with Gasteiger partial charge in [-0.25, -0.2) is 0 Å². The zero-order valence-electron chi connectivity index (χ0n) is 9.04. The summed E-state index contributed by atoms with van der Waals surface area (Å²) in [4.78, 5) is 25.7. The van der Waals surface area contributed by atoms with E-state index < -0.39 is 5.91 Å². The fourth-order valence-corrected chi connectivity index (χ4v) is 1.65. The number of carbonyl (C=O) groups excluding carboxylic acids is 1. The summed E-state index contributed by atoms with van der Waals surface area (Å²) < 4.78 is 0. The number of anilines is 1. The maximum atomic E-state index is 11.9. The molecule has 1 amide bonds. The third-order valence-corrected chi connectivity index (χ3v) is 2.99. The van der Waals surface area contributed by atoms with Crippen molar-refractivity contribution in [2.75, 3.05) is 5.32 Å². The molecule has 1 heterocycles. The Kier molecular flexibility index (Phi) is 3.69. The molecule has 0 bridgehead atoms. The Morgan fingerprint density at radius 2 is 1.94 bits per heavy atom. The van der Waals surface area contributed by atoms with Gasteiger partial charge in [-0.05, 0) is 30.3 Å². The molecule has 0 unspecified atom stereocenters. The first-order valence-corrected chi connectivity index (χ1v) is 5.77. The number of aromatic nitrogens is 1. The second-order valence-corrected chi connectivity index (χ2v) is 4.31. The number of nitrogens with one attached hydrogen (secondary N) is 2. The van der Waals surface area contributed by atoms with Crippen LogP contribution in [0.15, 0.2) is 41.3 Å². The van der Waals surface area contributed by atoms with Crippen molar-refractivity contribution in [3.8, 4) is 0 Å². The lowest BCUT2D eigenvalue weighted by Gasteiger charge is -2.05. The molecule has 0 atom stereocenters. The topological polar surface area (TPSA) is 62.0 Å². The number of carbonyl (C=O) groups is 1. The van der Waals surface area contributed by atoms with Gasteiger partial charge in [0.1, 0.15) is 5.69 Å².